The van der Waals surface area contributed by atoms with E-state index in [4.69, 9.17) is 15.0 Å². The molecule has 0 aromatic carbocycles. The van der Waals surface area contributed by atoms with Crippen LogP contribution in [0.15, 0.2) is 30.5 Å². The molecule has 140 valence electrons. The summed E-state index contributed by atoms with van der Waals surface area (Å²) in [6.07, 6.45) is 2.85. The second-order valence-electron chi connectivity index (χ2n) is 6.81. The molecule has 4 heterocycles. The molecule has 1 atom stereocenters. The topological polar surface area (TPSA) is 81.4 Å². The van der Waals surface area contributed by atoms with E-state index in [-0.39, 0.29) is 0 Å². The summed E-state index contributed by atoms with van der Waals surface area (Å²) in [6.45, 7) is 4.86. The largest absolute Gasteiger partial charge is 0.378 e. The van der Waals surface area contributed by atoms with Crippen LogP contribution < -0.4 is 14.7 Å². The van der Waals surface area contributed by atoms with Crippen LogP contribution in [0.5, 0.6) is 0 Å². The number of rotatable bonds is 4. The lowest BCUT2D eigenvalue weighted by Gasteiger charge is -2.29. The van der Waals surface area contributed by atoms with E-state index < -0.39 is 0 Å². The molecule has 0 spiro atoms. The Balaban J connectivity index is 1.45. The number of likely N-dealkylation sites (N-methyl/N-ethyl adjacent to an activating group) is 1. The van der Waals surface area contributed by atoms with Crippen molar-refractivity contribution in [2.45, 2.75) is 12.5 Å². The fraction of sp³-hybridized carbons (Fsp3) is 0.474. The number of anilines is 3. The average Bonchev–Trinajstić information content (AvgIpc) is 3.24. The van der Waals surface area contributed by atoms with Gasteiger partial charge in [0.1, 0.15) is 23.4 Å². The van der Waals surface area contributed by atoms with Gasteiger partial charge in [-0.3, -0.25) is 0 Å². The van der Waals surface area contributed by atoms with Crippen LogP contribution in [0, 0.1) is 11.3 Å². The molecule has 8 heteroatoms. The highest BCUT2D eigenvalue weighted by Crippen LogP contribution is 2.24. The summed E-state index contributed by atoms with van der Waals surface area (Å²) >= 11 is 0. The zero-order chi connectivity index (χ0) is 18.6. The fourth-order valence-electron chi connectivity index (χ4n) is 3.57. The number of nitriles is 1. The van der Waals surface area contributed by atoms with Crippen molar-refractivity contribution in [1.82, 2.24) is 15.0 Å². The highest BCUT2D eigenvalue weighted by Gasteiger charge is 2.28. The Kier molecular flexibility index (Phi) is 5.03. The summed E-state index contributed by atoms with van der Waals surface area (Å²) in [6, 6.07) is 9.99. The van der Waals surface area contributed by atoms with Crippen molar-refractivity contribution < 1.29 is 4.74 Å². The molecule has 0 amide bonds. The maximum Gasteiger partial charge on any atom is 0.227 e. The highest BCUT2D eigenvalue weighted by atomic mass is 16.5. The summed E-state index contributed by atoms with van der Waals surface area (Å²) in [4.78, 5) is 20.2. The van der Waals surface area contributed by atoms with Crippen LogP contribution in [-0.4, -0.2) is 67.4 Å². The molecule has 2 aliphatic heterocycles. The second-order valence-corrected chi connectivity index (χ2v) is 6.81. The quantitative estimate of drug-likeness (QED) is 0.802. The maximum atomic E-state index is 9.06. The van der Waals surface area contributed by atoms with E-state index in [0.29, 0.717) is 11.7 Å². The number of ether oxygens (including phenoxy) is 1. The minimum absolute atomic E-state index is 0.338. The van der Waals surface area contributed by atoms with Gasteiger partial charge in [-0.05, 0) is 24.6 Å². The SMILES string of the molecule is CN(c1ccnc(N2CCOCC2)n1)C1CCN(c2cccc(C#N)n2)C1. The van der Waals surface area contributed by atoms with Gasteiger partial charge < -0.3 is 19.4 Å². The third-order valence-electron chi connectivity index (χ3n) is 5.17. The molecule has 2 aromatic heterocycles. The first-order valence-corrected chi connectivity index (χ1v) is 9.25. The number of hydrogen-bond donors (Lipinski definition) is 0. The molecule has 27 heavy (non-hydrogen) atoms. The van der Waals surface area contributed by atoms with Crippen LogP contribution in [0.3, 0.4) is 0 Å². The molecule has 0 N–H and O–H groups in total. The minimum atomic E-state index is 0.338. The number of aromatic nitrogens is 3. The zero-order valence-corrected chi connectivity index (χ0v) is 15.5. The lowest BCUT2D eigenvalue weighted by Crippen LogP contribution is -2.38. The summed E-state index contributed by atoms with van der Waals surface area (Å²) in [5.74, 6) is 2.56. The van der Waals surface area contributed by atoms with E-state index in [9.17, 15) is 0 Å². The van der Waals surface area contributed by atoms with Gasteiger partial charge in [0.25, 0.3) is 0 Å². The molecule has 2 fully saturated rings. The molecule has 0 bridgehead atoms. The van der Waals surface area contributed by atoms with Crippen molar-refractivity contribution in [2.75, 3.05) is 61.1 Å². The van der Waals surface area contributed by atoms with Crippen LogP contribution in [0.2, 0.25) is 0 Å². The predicted octanol–water partition coefficient (Wildman–Crippen LogP) is 1.29. The summed E-state index contributed by atoms with van der Waals surface area (Å²) < 4.78 is 5.41. The van der Waals surface area contributed by atoms with E-state index >= 15 is 0 Å². The molecule has 2 saturated heterocycles. The number of morpholine rings is 1. The smallest absolute Gasteiger partial charge is 0.227 e. The zero-order valence-electron chi connectivity index (χ0n) is 15.5. The Labute approximate surface area is 159 Å². The molecule has 0 aliphatic carbocycles. The number of nitrogens with zero attached hydrogens (tertiary/aromatic N) is 7. The van der Waals surface area contributed by atoms with Crippen molar-refractivity contribution in [1.29, 1.82) is 5.26 Å². The van der Waals surface area contributed by atoms with Gasteiger partial charge in [-0.25, -0.2) is 9.97 Å². The number of pyridine rings is 1. The standard InChI is InChI=1S/C19H23N7O/c1-24(17-5-7-21-19(23-17)25-9-11-27-12-10-25)16-6-8-26(14-16)18-4-2-3-15(13-20)22-18/h2-5,7,16H,6,8-12,14H2,1H3. The van der Waals surface area contributed by atoms with Crippen LogP contribution in [-0.2, 0) is 4.74 Å². The van der Waals surface area contributed by atoms with Gasteiger partial charge in [-0.1, -0.05) is 6.07 Å². The monoisotopic (exact) mass is 365 g/mol. The third-order valence-corrected chi connectivity index (χ3v) is 5.17. The molecule has 0 radical (unpaired) electrons. The summed E-state index contributed by atoms with van der Waals surface area (Å²) in [5, 5.41) is 9.06. The molecular formula is C19H23N7O. The second kappa shape index (κ2) is 7.76. The van der Waals surface area contributed by atoms with Crippen molar-refractivity contribution in [3.8, 4) is 6.07 Å². The van der Waals surface area contributed by atoms with Crippen LogP contribution in [0.4, 0.5) is 17.6 Å². The van der Waals surface area contributed by atoms with Crippen LogP contribution in [0.1, 0.15) is 12.1 Å². The van der Waals surface area contributed by atoms with Gasteiger partial charge in [0, 0.05) is 45.5 Å². The van der Waals surface area contributed by atoms with Crippen molar-refractivity contribution in [2.24, 2.45) is 0 Å². The Morgan fingerprint density at radius 3 is 2.81 bits per heavy atom. The fourth-order valence-corrected chi connectivity index (χ4v) is 3.57. The van der Waals surface area contributed by atoms with Crippen molar-refractivity contribution in [3.05, 3.63) is 36.2 Å². The normalized spacial score (nSPS) is 19.8. The molecule has 8 nitrogen and oxygen atoms in total. The van der Waals surface area contributed by atoms with E-state index in [1.807, 2.05) is 24.4 Å². The molecule has 2 aromatic rings. The highest BCUT2D eigenvalue weighted by molar-refractivity contribution is 5.48. The molecule has 2 aliphatic rings. The summed E-state index contributed by atoms with van der Waals surface area (Å²) in [5.41, 5.74) is 0.454. The lowest BCUT2D eigenvalue weighted by atomic mass is 10.2. The number of hydrogen-bond acceptors (Lipinski definition) is 8. The maximum absolute atomic E-state index is 9.06. The Morgan fingerprint density at radius 1 is 1.15 bits per heavy atom. The first-order valence-electron chi connectivity index (χ1n) is 9.25. The molecular weight excluding hydrogens is 342 g/mol. The Morgan fingerprint density at radius 2 is 2.00 bits per heavy atom. The van der Waals surface area contributed by atoms with Crippen molar-refractivity contribution >= 4 is 17.6 Å². The average molecular weight is 365 g/mol. The minimum Gasteiger partial charge on any atom is -0.378 e. The van der Waals surface area contributed by atoms with Gasteiger partial charge in [-0.2, -0.15) is 10.2 Å². The van der Waals surface area contributed by atoms with E-state index in [1.54, 1.807) is 6.07 Å². The van der Waals surface area contributed by atoms with Gasteiger partial charge in [0.2, 0.25) is 5.95 Å². The van der Waals surface area contributed by atoms with Gasteiger partial charge in [0.15, 0.2) is 0 Å². The molecule has 1 unspecified atom stereocenters. The Bertz CT molecular complexity index is 831. The van der Waals surface area contributed by atoms with Gasteiger partial charge >= 0.3 is 0 Å². The molecule has 4 rings (SSSR count). The van der Waals surface area contributed by atoms with Crippen molar-refractivity contribution in [3.63, 3.8) is 0 Å². The summed E-state index contributed by atoms with van der Waals surface area (Å²) in [7, 11) is 2.08. The third kappa shape index (κ3) is 3.78. The van der Waals surface area contributed by atoms with Gasteiger partial charge in [0.05, 0.1) is 13.2 Å². The first kappa shape index (κ1) is 17.5. The predicted molar refractivity (Wildman–Crippen MR) is 103 cm³/mol. The first-order chi connectivity index (χ1) is 13.2. The van der Waals surface area contributed by atoms with Crippen LogP contribution >= 0.6 is 0 Å². The van der Waals surface area contributed by atoms with Gasteiger partial charge in [-0.15, -0.1) is 0 Å². The van der Waals surface area contributed by atoms with E-state index in [1.165, 1.54) is 0 Å². The van der Waals surface area contributed by atoms with E-state index in [0.717, 1.165) is 63.4 Å². The van der Waals surface area contributed by atoms with Crippen LogP contribution in [0.25, 0.3) is 0 Å². The van der Waals surface area contributed by atoms with E-state index in [2.05, 4.69) is 37.8 Å². The lowest BCUT2D eigenvalue weighted by molar-refractivity contribution is 0.122. The molecule has 0 saturated carbocycles. The Hall–Kier alpha value is -2.92.